The van der Waals surface area contributed by atoms with Gasteiger partial charge in [-0.25, -0.2) is 0 Å². The molecular weight excluding hydrogens is 330 g/mol. The predicted molar refractivity (Wildman–Crippen MR) is 91.2 cm³/mol. The summed E-state index contributed by atoms with van der Waals surface area (Å²) in [4.78, 5) is 16.7. The van der Waals surface area contributed by atoms with Crippen molar-refractivity contribution >= 4 is 17.8 Å². The molecule has 0 fully saturated rings. The van der Waals surface area contributed by atoms with Crippen LogP contribution in [0.3, 0.4) is 0 Å². The number of nitrogens with one attached hydrogen (secondary N) is 1. The van der Waals surface area contributed by atoms with E-state index in [4.69, 9.17) is 4.84 Å². The van der Waals surface area contributed by atoms with E-state index in [0.717, 1.165) is 11.1 Å². The lowest BCUT2D eigenvalue weighted by atomic mass is 10.1. The third-order valence-corrected chi connectivity index (χ3v) is 3.25. The maximum atomic E-state index is 12.3. The standard InChI is InChI=1S/C18H18F2N2O3/c1-12-7-8-15(13(2)9-12)22-17(23)11-24-21-10-14-5-3-4-6-16(14)25-18(19)20/h3-10,18H,11H2,1-2H3,(H,22,23)/b21-10+. The molecule has 0 aromatic heterocycles. The molecule has 2 rings (SSSR count). The fraction of sp³-hybridized carbons (Fsp3) is 0.222. The van der Waals surface area contributed by atoms with E-state index in [1.165, 1.54) is 12.3 Å². The average molecular weight is 348 g/mol. The number of hydrogen-bond acceptors (Lipinski definition) is 4. The number of hydrogen-bond donors (Lipinski definition) is 1. The van der Waals surface area contributed by atoms with Gasteiger partial charge in [-0.2, -0.15) is 8.78 Å². The second-order valence-electron chi connectivity index (χ2n) is 5.29. The van der Waals surface area contributed by atoms with Crippen LogP contribution in [0.1, 0.15) is 16.7 Å². The summed E-state index contributed by atoms with van der Waals surface area (Å²) in [6.07, 6.45) is 1.21. The van der Waals surface area contributed by atoms with E-state index in [9.17, 15) is 13.6 Å². The summed E-state index contributed by atoms with van der Waals surface area (Å²) >= 11 is 0. The van der Waals surface area contributed by atoms with Crippen molar-refractivity contribution in [2.45, 2.75) is 20.5 Å². The largest absolute Gasteiger partial charge is 0.434 e. The minimum absolute atomic E-state index is 0.0235. The lowest BCUT2D eigenvalue weighted by Gasteiger charge is -2.08. The van der Waals surface area contributed by atoms with Crippen molar-refractivity contribution in [2.24, 2.45) is 5.16 Å². The van der Waals surface area contributed by atoms with Crippen molar-refractivity contribution in [3.63, 3.8) is 0 Å². The molecule has 0 bridgehead atoms. The van der Waals surface area contributed by atoms with E-state index in [1.807, 2.05) is 32.0 Å². The highest BCUT2D eigenvalue weighted by Gasteiger charge is 2.08. The van der Waals surface area contributed by atoms with Gasteiger partial charge in [-0.05, 0) is 37.6 Å². The fourth-order valence-electron chi connectivity index (χ4n) is 2.12. The molecule has 0 unspecified atom stereocenters. The first-order chi connectivity index (χ1) is 12.0. The molecule has 0 saturated carbocycles. The molecule has 1 N–H and O–H groups in total. The van der Waals surface area contributed by atoms with E-state index in [0.29, 0.717) is 11.3 Å². The number of nitrogens with zero attached hydrogens (tertiary/aromatic N) is 1. The van der Waals surface area contributed by atoms with E-state index in [2.05, 4.69) is 15.2 Å². The first kappa shape index (κ1) is 18.4. The number of halogens is 2. The Morgan fingerprint density at radius 2 is 2.00 bits per heavy atom. The number of amides is 1. The van der Waals surface area contributed by atoms with Crippen LogP contribution < -0.4 is 10.1 Å². The molecule has 0 aliphatic heterocycles. The number of aryl methyl sites for hydroxylation is 2. The molecule has 0 heterocycles. The van der Waals surface area contributed by atoms with Gasteiger partial charge in [0.2, 0.25) is 0 Å². The molecule has 1 amide bonds. The van der Waals surface area contributed by atoms with Crippen LogP contribution in [0.4, 0.5) is 14.5 Å². The molecule has 132 valence electrons. The van der Waals surface area contributed by atoms with Crippen LogP contribution in [0, 0.1) is 13.8 Å². The Labute approximate surface area is 144 Å². The third kappa shape index (κ3) is 5.87. The SMILES string of the molecule is Cc1ccc(NC(=O)CO/N=C/c2ccccc2OC(F)F)c(C)c1. The van der Waals surface area contributed by atoms with Gasteiger partial charge >= 0.3 is 6.61 Å². The van der Waals surface area contributed by atoms with Gasteiger partial charge < -0.3 is 14.9 Å². The normalized spacial score (nSPS) is 10.9. The molecular formula is C18H18F2N2O3. The zero-order valence-electron chi connectivity index (χ0n) is 13.8. The van der Waals surface area contributed by atoms with Crippen molar-refractivity contribution in [3.05, 3.63) is 59.2 Å². The van der Waals surface area contributed by atoms with Crippen LogP contribution in [0.5, 0.6) is 5.75 Å². The molecule has 7 heteroatoms. The second kappa shape index (κ2) is 8.77. The number of carbonyl (C=O) groups excluding carboxylic acids is 1. The molecule has 0 radical (unpaired) electrons. The van der Waals surface area contributed by atoms with E-state index < -0.39 is 6.61 Å². The molecule has 0 saturated heterocycles. The van der Waals surface area contributed by atoms with Crippen LogP contribution in [0.15, 0.2) is 47.6 Å². The van der Waals surface area contributed by atoms with E-state index >= 15 is 0 Å². The van der Waals surface area contributed by atoms with E-state index in [1.54, 1.807) is 18.2 Å². The second-order valence-corrected chi connectivity index (χ2v) is 5.29. The number of oxime groups is 1. The Hall–Kier alpha value is -2.96. The quantitative estimate of drug-likeness (QED) is 0.610. The van der Waals surface area contributed by atoms with Crippen molar-refractivity contribution in [1.82, 2.24) is 0 Å². The molecule has 0 atom stereocenters. The molecule has 0 spiro atoms. The van der Waals surface area contributed by atoms with Gasteiger partial charge in [-0.15, -0.1) is 0 Å². The smallest absolute Gasteiger partial charge is 0.387 e. The number of carbonyl (C=O) groups is 1. The predicted octanol–water partition coefficient (Wildman–Crippen LogP) is 3.89. The summed E-state index contributed by atoms with van der Waals surface area (Å²) in [7, 11) is 0. The first-order valence-corrected chi connectivity index (χ1v) is 7.52. The van der Waals surface area contributed by atoms with Crippen molar-refractivity contribution in [1.29, 1.82) is 0 Å². The lowest BCUT2D eigenvalue weighted by molar-refractivity contribution is -0.120. The molecule has 0 aliphatic carbocycles. The summed E-state index contributed by atoms with van der Waals surface area (Å²) in [5, 5.41) is 6.33. The van der Waals surface area contributed by atoms with Crippen LogP contribution in [-0.4, -0.2) is 25.3 Å². The number of rotatable bonds is 7. The fourth-order valence-corrected chi connectivity index (χ4v) is 2.12. The summed E-state index contributed by atoms with van der Waals surface area (Å²) in [6, 6.07) is 11.8. The van der Waals surface area contributed by atoms with Gasteiger partial charge in [0.1, 0.15) is 5.75 Å². The number of para-hydroxylation sites is 1. The van der Waals surface area contributed by atoms with Crippen molar-refractivity contribution in [2.75, 3.05) is 11.9 Å². The van der Waals surface area contributed by atoms with Gasteiger partial charge in [-0.3, -0.25) is 4.79 Å². The van der Waals surface area contributed by atoms with Gasteiger partial charge in [0.05, 0.1) is 6.21 Å². The number of anilines is 1. The summed E-state index contributed by atoms with van der Waals surface area (Å²) in [5.74, 6) is -0.397. The Kier molecular flexibility index (Phi) is 6.45. The lowest BCUT2D eigenvalue weighted by Crippen LogP contribution is -2.17. The molecule has 5 nitrogen and oxygen atoms in total. The minimum atomic E-state index is -2.93. The Bertz CT molecular complexity index is 764. The highest BCUT2D eigenvalue weighted by Crippen LogP contribution is 2.18. The van der Waals surface area contributed by atoms with Gasteiger partial charge in [0.25, 0.3) is 5.91 Å². The number of ether oxygens (including phenoxy) is 1. The number of alkyl halides is 2. The van der Waals surface area contributed by atoms with Crippen LogP contribution in [-0.2, 0) is 9.63 Å². The first-order valence-electron chi connectivity index (χ1n) is 7.52. The molecule has 25 heavy (non-hydrogen) atoms. The Morgan fingerprint density at radius 1 is 1.24 bits per heavy atom. The van der Waals surface area contributed by atoms with E-state index in [-0.39, 0.29) is 18.3 Å². The monoisotopic (exact) mass is 348 g/mol. The summed E-state index contributed by atoms with van der Waals surface area (Å²) < 4.78 is 29.0. The van der Waals surface area contributed by atoms with Gasteiger partial charge in [-0.1, -0.05) is 35.0 Å². The zero-order chi connectivity index (χ0) is 18.2. The Balaban J connectivity index is 1.88. The average Bonchev–Trinajstić information content (AvgIpc) is 2.55. The van der Waals surface area contributed by atoms with Gasteiger partial charge in [0, 0.05) is 11.3 Å². The Morgan fingerprint density at radius 3 is 2.72 bits per heavy atom. The van der Waals surface area contributed by atoms with Crippen LogP contribution >= 0.6 is 0 Å². The van der Waals surface area contributed by atoms with Crippen molar-refractivity contribution < 1.29 is 23.1 Å². The summed E-state index contributed by atoms with van der Waals surface area (Å²) in [6.45, 7) is 0.619. The maximum Gasteiger partial charge on any atom is 0.387 e. The summed E-state index contributed by atoms with van der Waals surface area (Å²) in [5.41, 5.74) is 3.05. The molecule has 2 aromatic carbocycles. The number of benzene rings is 2. The van der Waals surface area contributed by atoms with Gasteiger partial charge in [0.15, 0.2) is 6.61 Å². The zero-order valence-corrected chi connectivity index (χ0v) is 13.8. The third-order valence-electron chi connectivity index (χ3n) is 3.25. The minimum Gasteiger partial charge on any atom is -0.434 e. The highest BCUT2D eigenvalue weighted by molar-refractivity contribution is 5.92. The topological polar surface area (TPSA) is 59.9 Å². The molecule has 0 aliphatic rings. The maximum absolute atomic E-state index is 12.3. The highest BCUT2D eigenvalue weighted by atomic mass is 19.3. The molecule has 2 aromatic rings. The van der Waals surface area contributed by atoms with Crippen molar-refractivity contribution in [3.8, 4) is 5.75 Å². The van der Waals surface area contributed by atoms with Crippen LogP contribution in [0.25, 0.3) is 0 Å². The van der Waals surface area contributed by atoms with Crippen LogP contribution in [0.2, 0.25) is 0 Å².